The van der Waals surface area contributed by atoms with Gasteiger partial charge in [0.05, 0.1) is 11.6 Å². The highest BCUT2D eigenvalue weighted by molar-refractivity contribution is 5.81. The lowest BCUT2D eigenvalue weighted by Crippen LogP contribution is -2.50. The Hall–Kier alpha value is -0.650. The van der Waals surface area contributed by atoms with Crippen molar-refractivity contribution in [1.29, 1.82) is 0 Å². The van der Waals surface area contributed by atoms with E-state index in [1.807, 2.05) is 19.0 Å². The standard InChI is InChI=1S/C12H27N3O2/c1-5-6-7-10(13)11(16)14-8-12(2,17)9-15(3)4/h10,17H,5-9,13H2,1-4H3,(H,14,16)/t10-,12?/m0/s1. The molecule has 0 aromatic rings. The molecule has 0 aliphatic heterocycles. The van der Waals surface area contributed by atoms with Gasteiger partial charge in [-0.2, -0.15) is 0 Å². The van der Waals surface area contributed by atoms with E-state index in [1.165, 1.54) is 0 Å². The number of carbonyl (C=O) groups is 1. The molecule has 5 heteroatoms. The lowest BCUT2D eigenvalue weighted by Gasteiger charge is -2.27. The summed E-state index contributed by atoms with van der Waals surface area (Å²) in [6.07, 6.45) is 2.67. The van der Waals surface area contributed by atoms with Crippen molar-refractivity contribution in [2.45, 2.75) is 44.8 Å². The molecule has 0 aliphatic rings. The maximum Gasteiger partial charge on any atom is 0.237 e. The summed E-state index contributed by atoms with van der Waals surface area (Å²) >= 11 is 0. The smallest absolute Gasteiger partial charge is 0.237 e. The molecule has 0 aliphatic carbocycles. The normalized spacial score (nSPS) is 16.6. The predicted octanol–water partition coefficient (Wildman–Crippen LogP) is -0.0673. The highest BCUT2D eigenvalue weighted by atomic mass is 16.3. The zero-order valence-electron chi connectivity index (χ0n) is 11.5. The summed E-state index contributed by atoms with van der Waals surface area (Å²) in [5.74, 6) is -0.183. The van der Waals surface area contributed by atoms with Crippen molar-refractivity contribution in [2.24, 2.45) is 5.73 Å². The Morgan fingerprint density at radius 2 is 2.12 bits per heavy atom. The van der Waals surface area contributed by atoms with Crippen LogP contribution >= 0.6 is 0 Å². The summed E-state index contributed by atoms with van der Waals surface area (Å²) in [5, 5.41) is 12.7. The molecule has 0 fully saturated rings. The van der Waals surface area contributed by atoms with Gasteiger partial charge in [-0.05, 0) is 27.4 Å². The first-order chi connectivity index (χ1) is 7.78. The van der Waals surface area contributed by atoms with Gasteiger partial charge in [-0.15, -0.1) is 0 Å². The number of unbranched alkanes of at least 4 members (excludes halogenated alkanes) is 1. The van der Waals surface area contributed by atoms with E-state index in [0.29, 0.717) is 13.0 Å². The zero-order valence-corrected chi connectivity index (χ0v) is 11.5. The van der Waals surface area contributed by atoms with Crippen LogP contribution in [0.5, 0.6) is 0 Å². The molecule has 0 aromatic heterocycles. The quantitative estimate of drug-likeness (QED) is 0.559. The fraction of sp³-hybridized carbons (Fsp3) is 0.917. The van der Waals surface area contributed by atoms with Crippen LogP contribution in [0.1, 0.15) is 33.1 Å². The Balaban J connectivity index is 3.97. The van der Waals surface area contributed by atoms with Crippen molar-refractivity contribution >= 4 is 5.91 Å². The SMILES string of the molecule is CCCC[C@H](N)C(=O)NCC(C)(O)CN(C)C. The van der Waals surface area contributed by atoms with Crippen LogP contribution in [0.4, 0.5) is 0 Å². The third-order valence-corrected chi connectivity index (χ3v) is 2.51. The highest BCUT2D eigenvalue weighted by Crippen LogP contribution is 2.03. The summed E-state index contributed by atoms with van der Waals surface area (Å²) in [4.78, 5) is 13.5. The van der Waals surface area contributed by atoms with Crippen molar-refractivity contribution in [2.75, 3.05) is 27.2 Å². The number of carbonyl (C=O) groups excluding carboxylic acids is 1. The number of aliphatic hydroxyl groups is 1. The Kier molecular flexibility index (Phi) is 7.34. The van der Waals surface area contributed by atoms with Gasteiger partial charge in [0.1, 0.15) is 0 Å². The van der Waals surface area contributed by atoms with Gasteiger partial charge in [0.25, 0.3) is 0 Å². The second kappa shape index (κ2) is 7.63. The highest BCUT2D eigenvalue weighted by Gasteiger charge is 2.23. The van der Waals surface area contributed by atoms with Crippen LogP contribution < -0.4 is 11.1 Å². The van der Waals surface area contributed by atoms with Gasteiger partial charge >= 0.3 is 0 Å². The summed E-state index contributed by atoms with van der Waals surface area (Å²) < 4.78 is 0. The molecule has 4 N–H and O–H groups in total. The van der Waals surface area contributed by atoms with Crippen molar-refractivity contribution in [3.63, 3.8) is 0 Å². The number of likely N-dealkylation sites (N-methyl/N-ethyl adjacent to an activating group) is 1. The van der Waals surface area contributed by atoms with Crippen LogP contribution in [0, 0.1) is 0 Å². The van der Waals surface area contributed by atoms with Gasteiger partial charge in [-0.3, -0.25) is 4.79 Å². The van der Waals surface area contributed by atoms with Crippen LogP contribution in [0.3, 0.4) is 0 Å². The Bertz CT molecular complexity index is 230. The molecule has 0 saturated carbocycles. The lowest BCUT2D eigenvalue weighted by molar-refractivity contribution is -0.123. The molecule has 0 spiro atoms. The molecule has 0 rings (SSSR count). The zero-order chi connectivity index (χ0) is 13.5. The number of nitrogens with two attached hydrogens (primary N) is 1. The molecule has 5 nitrogen and oxygen atoms in total. The minimum Gasteiger partial charge on any atom is -0.387 e. The van der Waals surface area contributed by atoms with Crippen LogP contribution in [0.25, 0.3) is 0 Å². The second-order valence-corrected chi connectivity index (χ2v) is 5.20. The molecule has 1 unspecified atom stereocenters. The predicted molar refractivity (Wildman–Crippen MR) is 69.7 cm³/mol. The average Bonchev–Trinajstić information content (AvgIpc) is 2.20. The third-order valence-electron chi connectivity index (χ3n) is 2.51. The van der Waals surface area contributed by atoms with E-state index < -0.39 is 11.6 Å². The summed E-state index contributed by atoms with van der Waals surface area (Å²) in [5.41, 5.74) is 4.80. The Labute approximate surface area is 104 Å². The van der Waals surface area contributed by atoms with Gasteiger partial charge in [-0.1, -0.05) is 19.8 Å². The molecule has 0 bridgehead atoms. The van der Waals surface area contributed by atoms with Gasteiger partial charge in [-0.25, -0.2) is 0 Å². The maximum atomic E-state index is 11.6. The number of hydrogen-bond acceptors (Lipinski definition) is 4. The molecule has 0 aromatic carbocycles. The molecule has 2 atom stereocenters. The monoisotopic (exact) mass is 245 g/mol. The van der Waals surface area contributed by atoms with Crippen molar-refractivity contribution in [3.05, 3.63) is 0 Å². The molecule has 17 heavy (non-hydrogen) atoms. The van der Waals surface area contributed by atoms with Crippen LogP contribution in [0.15, 0.2) is 0 Å². The summed E-state index contributed by atoms with van der Waals surface area (Å²) in [6, 6.07) is -0.467. The first-order valence-electron chi connectivity index (χ1n) is 6.19. The molecule has 0 heterocycles. The lowest BCUT2D eigenvalue weighted by atomic mass is 10.1. The Morgan fingerprint density at radius 1 is 1.53 bits per heavy atom. The third kappa shape index (κ3) is 8.12. The van der Waals surface area contributed by atoms with E-state index in [0.717, 1.165) is 12.8 Å². The van der Waals surface area contributed by atoms with Crippen molar-refractivity contribution < 1.29 is 9.90 Å². The van der Waals surface area contributed by atoms with Gasteiger partial charge in [0, 0.05) is 13.1 Å². The molecular weight excluding hydrogens is 218 g/mol. The van der Waals surface area contributed by atoms with E-state index in [4.69, 9.17) is 5.73 Å². The van der Waals surface area contributed by atoms with E-state index in [2.05, 4.69) is 12.2 Å². The van der Waals surface area contributed by atoms with Crippen LogP contribution in [-0.2, 0) is 4.79 Å². The number of amides is 1. The van der Waals surface area contributed by atoms with Crippen molar-refractivity contribution in [1.82, 2.24) is 10.2 Å². The molecule has 1 amide bonds. The Morgan fingerprint density at radius 3 is 2.59 bits per heavy atom. The van der Waals surface area contributed by atoms with Crippen LogP contribution in [-0.4, -0.2) is 54.7 Å². The fourth-order valence-corrected chi connectivity index (χ4v) is 1.70. The average molecular weight is 245 g/mol. The number of rotatable bonds is 8. The number of nitrogens with zero attached hydrogens (tertiary/aromatic N) is 1. The molecule has 102 valence electrons. The van der Waals surface area contributed by atoms with Crippen LogP contribution in [0.2, 0.25) is 0 Å². The van der Waals surface area contributed by atoms with Gasteiger partial charge in [0.2, 0.25) is 5.91 Å². The first kappa shape index (κ1) is 16.4. The number of hydrogen-bond donors (Lipinski definition) is 3. The summed E-state index contributed by atoms with van der Waals surface area (Å²) in [7, 11) is 3.76. The largest absolute Gasteiger partial charge is 0.387 e. The molecule has 0 radical (unpaired) electrons. The van der Waals surface area contributed by atoms with E-state index in [-0.39, 0.29) is 12.5 Å². The second-order valence-electron chi connectivity index (χ2n) is 5.20. The van der Waals surface area contributed by atoms with E-state index in [1.54, 1.807) is 6.92 Å². The van der Waals surface area contributed by atoms with Crippen molar-refractivity contribution in [3.8, 4) is 0 Å². The first-order valence-corrected chi connectivity index (χ1v) is 6.19. The van der Waals surface area contributed by atoms with Gasteiger partial charge in [0.15, 0.2) is 0 Å². The van der Waals surface area contributed by atoms with E-state index in [9.17, 15) is 9.90 Å². The van der Waals surface area contributed by atoms with E-state index >= 15 is 0 Å². The van der Waals surface area contributed by atoms with Gasteiger partial charge < -0.3 is 21.1 Å². The maximum absolute atomic E-state index is 11.6. The summed E-state index contributed by atoms with van der Waals surface area (Å²) in [6.45, 7) is 4.48. The molecule has 0 saturated heterocycles. The number of nitrogens with one attached hydrogen (secondary N) is 1. The fourth-order valence-electron chi connectivity index (χ4n) is 1.70. The molecular formula is C12H27N3O2. The minimum absolute atomic E-state index is 0.183. The minimum atomic E-state index is -0.927. The topological polar surface area (TPSA) is 78.6 Å².